The summed E-state index contributed by atoms with van der Waals surface area (Å²) in [6.07, 6.45) is 3.94. The normalized spacial score (nSPS) is 18.9. The molecule has 0 saturated carbocycles. The van der Waals surface area contributed by atoms with Gasteiger partial charge in [-0.25, -0.2) is 8.42 Å². The summed E-state index contributed by atoms with van der Waals surface area (Å²) in [4.78, 5) is 4.85. The van der Waals surface area contributed by atoms with Gasteiger partial charge in [0.1, 0.15) is 9.84 Å². The average Bonchev–Trinajstić information content (AvgIpc) is 2.68. The van der Waals surface area contributed by atoms with Gasteiger partial charge in [0.25, 0.3) is 0 Å². The maximum atomic E-state index is 11.8. The molecule has 1 saturated heterocycles. The fourth-order valence-corrected chi connectivity index (χ4v) is 5.99. The van der Waals surface area contributed by atoms with Crippen molar-refractivity contribution in [1.29, 1.82) is 0 Å². The number of rotatable bonds is 4. The minimum Gasteiger partial charge on any atom is -0.371 e. The Morgan fingerprint density at radius 3 is 2.57 bits per heavy atom. The zero-order valence-electron chi connectivity index (χ0n) is 16.3. The van der Waals surface area contributed by atoms with E-state index in [0.29, 0.717) is 0 Å². The van der Waals surface area contributed by atoms with Crippen LogP contribution >= 0.6 is 22.6 Å². The van der Waals surface area contributed by atoms with Crippen LogP contribution in [0.2, 0.25) is 0 Å². The van der Waals surface area contributed by atoms with Crippen LogP contribution in [0.5, 0.6) is 0 Å². The summed E-state index contributed by atoms with van der Waals surface area (Å²) >= 11 is 2.39. The van der Waals surface area contributed by atoms with Crippen molar-refractivity contribution in [3.8, 4) is 0 Å². The Hall–Kier alpha value is -1.12. The van der Waals surface area contributed by atoms with Gasteiger partial charge in [-0.2, -0.15) is 0 Å². The second kappa shape index (κ2) is 8.32. The number of benzene rings is 2. The molecule has 4 rings (SSSR count). The van der Waals surface area contributed by atoms with Crippen molar-refractivity contribution in [2.24, 2.45) is 0 Å². The second-order valence-corrected chi connectivity index (χ2v) is 11.6. The minimum absolute atomic E-state index is 0.177. The first-order valence-corrected chi connectivity index (χ1v) is 12.9. The number of anilines is 1. The first kappa shape index (κ1) is 20.2. The molecule has 0 atom stereocenters. The zero-order valence-corrected chi connectivity index (χ0v) is 19.2. The molecule has 2 aromatic rings. The molecule has 0 N–H and O–H groups in total. The molecule has 0 bridgehead atoms. The van der Waals surface area contributed by atoms with Crippen LogP contribution in [0.25, 0.3) is 0 Å². The lowest BCUT2D eigenvalue weighted by atomic mass is 9.99. The van der Waals surface area contributed by atoms with Crippen molar-refractivity contribution in [1.82, 2.24) is 4.90 Å². The summed E-state index contributed by atoms with van der Waals surface area (Å²) in [5.74, 6) is 0. The van der Waals surface area contributed by atoms with Crippen LogP contribution in [-0.4, -0.2) is 44.5 Å². The van der Waals surface area contributed by atoms with E-state index in [2.05, 4.69) is 74.9 Å². The van der Waals surface area contributed by atoms with Gasteiger partial charge >= 0.3 is 0 Å². The first-order chi connectivity index (χ1) is 13.4. The lowest BCUT2D eigenvalue weighted by Gasteiger charge is -2.33. The molecule has 0 radical (unpaired) electrons. The molecular weight excluding hydrogens is 483 g/mol. The lowest BCUT2D eigenvalue weighted by Crippen LogP contribution is -2.39. The number of hydrogen-bond acceptors (Lipinski definition) is 4. The number of nitrogens with zero attached hydrogens (tertiary/aromatic N) is 2. The standard InChI is InChI=1S/C22H27IN2O2S/c1-28(26,27)22-8-11-25(12-9-22)21-4-2-3-17(13-21)15-24-10-7-18-14-20(23)6-5-19(18)16-24/h2-6,13-14,22H,7-12,15-16H2,1H3. The molecule has 0 aliphatic carbocycles. The molecule has 150 valence electrons. The zero-order chi connectivity index (χ0) is 19.7. The predicted octanol–water partition coefficient (Wildman–Crippen LogP) is 3.86. The molecule has 4 nitrogen and oxygen atoms in total. The Balaban J connectivity index is 1.40. The van der Waals surface area contributed by atoms with Gasteiger partial charge in [0.2, 0.25) is 0 Å². The highest BCUT2D eigenvalue weighted by molar-refractivity contribution is 14.1. The van der Waals surface area contributed by atoms with E-state index in [0.717, 1.165) is 52.0 Å². The molecule has 0 spiro atoms. The Bertz CT molecular complexity index is 953. The quantitative estimate of drug-likeness (QED) is 0.586. The van der Waals surface area contributed by atoms with Crippen LogP contribution in [0.1, 0.15) is 29.5 Å². The van der Waals surface area contributed by atoms with E-state index in [1.54, 1.807) is 0 Å². The Morgan fingerprint density at radius 1 is 1.04 bits per heavy atom. The Morgan fingerprint density at radius 2 is 1.82 bits per heavy atom. The van der Waals surface area contributed by atoms with E-state index in [1.807, 2.05) is 0 Å². The van der Waals surface area contributed by atoms with Crippen LogP contribution in [0.4, 0.5) is 5.69 Å². The molecule has 2 aliphatic rings. The van der Waals surface area contributed by atoms with Gasteiger partial charge in [-0.1, -0.05) is 18.2 Å². The van der Waals surface area contributed by atoms with Crippen molar-refractivity contribution in [3.05, 3.63) is 62.7 Å². The Labute approximate surface area is 182 Å². The summed E-state index contributed by atoms with van der Waals surface area (Å²) in [5.41, 5.74) is 5.49. The predicted molar refractivity (Wildman–Crippen MR) is 123 cm³/mol. The van der Waals surface area contributed by atoms with Gasteiger partial charge in [-0.05, 0) is 82.8 Å². The van der Waals surface area contributed by atoms with Crippen molar-refractivity contribution >= 4 is 38.1 Å². The first-order valence-electron chi connectivity index (χ1n) is 9.91. The van der Waals surface area contributed by atoms with Crippen molar-refractivity contribution in [2.45, 2.75) is 37.6 Å². The van der Waals surface area contributed by atoms with E-state index >= 15 is 0 Å². The molecular formula is C22H27IN2O2S. The van der Waals surface area contributed by atoms with Gasteiger partial charge in [-0.3, -0.25) is 4.90 Å². The van der Waals surface area contributed by atoms with E-state index in [1.165, 1.54) is 32.2 Å². The number of halogens is 1. The summed E-state index contributed by atoms with van der Waals surface area (Å²) < 4.78 is 24.9. The third-order valence-electron chi connectivity index (χ3n) is 5.99. The minimum atomic E-state index is -2.92. The smallest absolute Gasteiger partial charge is 0.150 e. The van der Waals surface area contributed by atoms with Gasteiger partial charge in [0.15, 0.2) is 0 Å². The molecule has 0 amide bonds. The van der Waals surface area contributed by atoms with E-state index in [-0.39, 0.29) is 5.25 Å². The SMILES string of the molecule is CS(=O)(=O)C1CCN(c2cccc(CN3CCc4cc(I)ccc4C3)c2)CC1. The number of hydrogen-bond donors (Lipinski definition) is 0. The lowest BCUT2D eigenvalue weighted by molar-refractivity contribution is 0.245. The summed E-state index contributed by atoms with van der Waals surface area (Å²) in [6.45, 7) is 4.69. The molecule has 2 aromatic carbocycles. The fraction of sp³-hybridized carbons (Fsp3) is 0.455. The van der Waals surface area contributed by atoms with Crippen molar-refractivity contribution in [2.75, 3.05) is 30.8 Å². The third-order valence-corrected chi connectivity index (χ3v) is 8.34. The van der Waals surface area contributed by atoms with Crippen LogP contribution in [0, 0.1) is 3.57 Å². The maximum absolute atomic E-state index is 11.8. The molecule has 2 heterocycles. The van der Waals surface area contributed by atoms with Gasteiger partial charge in [-0.15, -0.1) is 0 Å². The third kappa shape index (κ3) is 4.71. The maximum Gasteiger partial charge on any atom is 0.150 e. The van der Waals surface area contributed by atoms with Gasteiger partial charge < -0.3 is 4.90 Å². The molecule has 6 heteroatoms. The number of sulfone groups is 1. The van der Waals surface area contributed by atoms with Crippen LogP contribution in [0.3, 0.4) is 0 Å². The molecule has 0 aromatic heterocycles. The van der Waals surface area contributed by atoms with Crippen LogP contribution < -0.4 is 4.90 Å². The van der Waals surface area contributed by atoms with E-state index < -0.39 is 9.84 Å². The van der Waals surface area contributed by atoms with Gasteiger partial charge in [0, 0.05) is 48.2 Å². The highest BCUT2D eigenvalue weighted by Crippen LogP contribution is 2.26. The van der Waals surface area contributed by atoms with Crippen molar-refractivity contribution in [3.63, 3.8) is 0 Å². The van der Waals surface area contributed by atoms with E-state index in [9.17, 15) is 8.42 Å². The summed E-state index contributed by atoms with van der Waals surface area (Å²) in [5, 5.41) is -0.177. The molecule has 2 aliphatic heterocycles. The fourth-order valence-electron chi connectivity index (χ4n) is 4.37. The van der Waals surface area contributed by atoms with Crippen LogP contribution in [0.15, 0.2) is 42.5 Å². The number of piperidine rings is 1. The molecule has 28 heavy (non-hydrogen) atoms. The topological polar surface area (TPSA) is 40.6 Å². The highest BCUT2D eigenvalue weighted by atomic mass is 127. The summed E-state index contributed by atoms with van der Waals surface area (Å²) in [7, 11) is -2.92. The Kier molecular flexibility index (Phi) is 5.99. The summed E-state index contributed by atoms with van der Waals surface area (Å²) in [6, 6.07) is 15.6. The number of fused-ring (bicyclic) bond motifs is 1. The molecule has 0 unspecified atom stereocenters. The van der Waals surface area contributed by atoms with E-state index in [4.69, 9.17) is 0 Å². The monoisotopic (exact) mass is 510 g/mol. The second-order valence-electron chi connectivity index (χ2n) is 8.06. The van der Waals surface area contributed by atoms with Crippen LogP contribution in [-0.2, 0) is 29.3 Å². The van der Waals surface area contributed by atoms with Crippen molar-refractivity contribution < 1.29 is 8.42 Å². The molecule has 1 fully saturated rings. The van der Waals surface area contributed by atoms with Gasteiger partial charge in [0.05, 0.1) is 5.25 Å². The highest BCUT2D eigenvalue weighted by Gasteiger charge is 2.26. The average molecular weight is 510 g/mol. The largest absolute Gasteiger partial charge is 0.371 e.